The number of carbonyl (C=O) groups excluding carboxylic acids is 1. The van der Waals surface area contributed by atoms with Crippen molar-refractivity contribution in [3.05, 3.63) is 59.7 Å². The molecule has 240 valence electrons. The van der Waals surface area contributed by atoms with Crippen LogP contribution in [0.1, 0.15) is 119 Å². The number of benzene rings is 2. The normalized spacial score (nSPS) is 14.3. The Balaban J connectivity index is 0.000000801. The van der Waals surface area contributed by atoms with Crippen molar-refractivity contribution in [3.63, 3.8) is 0 Å². The second kappa shape index (κ2) is 21.6. The number of ether oxygens (including phenoxy) is 1. The van der Waals surface area contributed by atoms with E-state index >= 15 is 0 Å². The molecule has 0 spiro atoms. The maximum atomic E-state index is 11.7. The van der Waals surface area contributed by atoms with Crippen LogP contribution in [0.15, 0.2) is 54.1 Å². The highest BCUT2D eigenvalue weighted by molar-refractivity contribution is 5.91. The monoisotopic (exact) mass is 592 g/mol. The summed E-state index contributed by atoms with van der Waals surface area (Å²) in [5.41, 5.74) is 5.44. The van der Waals surface area contributed by atoms with E-state index in [4.69, 9.17) is 4.74 Å². The van der Waals surface area contributed by atoms with Crippen molar-refractivity contribution >= 4 is 17.2 Å². The molecule has 3 rings (SSSR count). The van der Waals surface area contributed by atoms with Gasteiger partial charge in [-0.3, -0.25) is 4.79 Å². The summed E-state index contributed by atoms with van der Waals surface area (Å²) in [6.07, 6.45) is 13.7. The lowest BCUT2D eigenvalue weighted by Crippen LogP contribution is -2.15. The van der Waals surface area contributed by atoms with Crippen LogP contribution in [0.4, 0.5) is 5.69 Å². The zero-order chi connectivity index (χ0) is 32.2. The van der Waals surface area contributed by atoms with E-state index in [0.717, 1.165) is 41.5 Å². The number of amides is 1. The van der Waals surface area contributed by atoms with E-state index in [-0.39, 0.29) is 17.8 Å². The second-order valence-electron chi connectivity index (χ2n) is 11.2. The number of rotatable bonds is 13. The van der Waals surface area contributed by atoms with Crippen LogP contribution in [0.2, 0.25) is 0 Å². The first-order valence-electron chi connectivity index (χ1n) is 16.7. The van der Waals surface area contributed by atoms with Crippen LogP contribution < -0.4 is 15.4 Å². The number of unbranched alkanes of at least 4 members (excludes halogenated alkanes) is 1. The molecule has 1 amide bonds. The van der Waals surface area contributed by atoms with Crippen molar-refractivity contribution < 1.29 is 14.6 Å². The van der Waals surface area contributed by atoms with Crippen molar-refractivity contribution in [2.45, 2.75) is 120 Å². The molecule has 0 radical (unpaired) electrons. The zero-order valence-electron chi connectivity index (χ0n) is 28.6. The minimum absolute atomic E-state index is 0.133. The van der Waals surface area contributed by atoms with Gasteiger partial charge in [-0.2, -0.15) is 0 Å². The Bertz CT molecular complexity index is 1140. The Labute approximate surface area is 263 Å². The molecule has 1 saturated carbocycles. The molecule has 1 aliphatic carbocycles. The molecule has 1 atom stereocenters. The predicted octanol–water partition coefficient (Wildman–Crippen LogP) is 10.5. The third-order valence-corrected chi connectivity index (χ3v) is 7.66. The number of anilines is 1. The Hall–Kier alpha value is -3.05. The SMILES string of the molecule is C/C=C(C)\C=C(\c1cccc(-c2ccc(NC(C)=O)c(OC3CCCC3)c2)c1O)C(C)CC.CC.CCCCNCCC. The highest BCUT2D eigenvalue weighted by Gasteiger charge is 2.21. The van der Waals surface area contributed by atoms with Gasteiger partial charge in [-0.1, -0.05) is 90.0 Å². The van der Waals surface area contributed by atoms with Crippen molar-refractivity contribution in [2.75, 3.05) is 18.4 Å². The first kappa shape index (κ1) is 38.0. The number of hydrogen-bond donors (Lipinski definition) is 3. The van der Waals surface area contributed by atoms with E-state index in [0.29, 0.717) is 17.4 Å². The van der Waals surface area contributed by atoms with Gasteiger partial charge in [-0.25, -0.2) is 0 Å². The number of para-hydroxylation sites is 1. The minimum atomic E-state index is -0.133. The highest BCUT2D eigenvalue weighted by atomic mass is 16.5. The number of nitrogens with one attached hydrogen (secondary N) is 2. The van der Waals surface area contributed by atoms with Gasteiger partial charge in [0.15, 0.2) is 0 Å². The summed E-state index contributed by atoms with van der Waals surface area (Å²) in [5.74, 6) is 1.10. The van der Waals surface area contributed by atoms with Crippen molar-refractivity contribution in [1.29, 1.82) is 0 Å². The number of aromatic hydroxyl groups is 1. The zero-order valence-corrected chi connectivity index (χ0v) is 28.6. The van der Waals surface area contributed by atoms with Gasteiger partial charge in [0.25, 0.3) is 0 Å². The first-order chi connectivity index (χ1) is 20.7. The largest absolute Gasteiger partial charge is 0.507 e. The van der Waals surface area contributed by atoms with Gasteiger partial charge < -0.3 is 20.5 Å². The molecule has 0 aliphatic heterocycles. The summed E-state index contributed by atoms with van der Waals surface area (Å²) in [6, 6.07) is 11.6. The molecule has 5 nitrogen and oxygen atoms in total. The van der Waals surface area contributed by atoms with Gasteiger partial charge in [0.05, 0.1) is 11.8 Å². The van der Waals surface area contributed by atoms with Crippen LogP contribution in [0.25, 0.3) is 16.7 Å². The lowest BCUT2D eigenvalue weighted by atomic mass is 9.88. The smallest absolute Gasteiger partial charge is 0.221 e. The number of allylic oxidation sites excluding steroid dienone is 4. The maximum Gasteiger partial charge on any atom is 0.221 e. The Morgan fingerprint density at radius 2 is 1.74 bits per heavy atom. The fourth-order valence-corrected chi connectivity index (χ4v) is 4.91. The van der Waals surface area contributed by atoms with Crippen LogP contribution in [0, 0.1) is 5.92 Å². The molecule has 3 N–H and O–H groups in total. The van der Waals surface area contributed by atoms with Crippen molar-refractivity contribution in [1.82, 2.24) is 5.32 Å². The number of phenols is 1. The van der Waals surface area contributed by atoms with E-state index in [2.05, 4.69) is 57.4 Å². The standard InChI is InChI=1S/C29H37NO3.C7H17N.C2H6/c1-6-19(3)17-26(20(4)7-2)25-14-10-13-24(29(25)32)22-15-16-27(30-21(5)31)28(18-22)33-23-11-8-9-12-23;1-3-5-7-8-6-4-2;1-2/h6,10,13-18,20,23,32H,7-9,11-12H2,1-5H3,(H,30,31);8H,3-7H2,1-2H3;1-2H3/b19-6-,26-17+;;. The number of phenolic OH excluding ortho intramolecular Hbond substituents is 1. The molecule has 0 heterocycles. The van der Waals surface area contributed by atoms with E-state index < -0.39 is 0 Å². The van der Waals surface area contributed by atoms with E-state index in [1.54, 1.807) is 0 Å². The van der Waals surface area contributed by atoms with Crippen molar-refractivity contribution in [3.8, 4) is 22.6 Å². The molecular weight excluding hydrogens is 532 g/mol. The molecule has 43 heavy (non-hydrogen) atoms. The van der Waals surface area contributed by atoms with Crippen molar-refractivity contribution in [2.24, 2.45) is 5.92 Å². The molecule has 1 fully saturated rings. The van der Waals surface area contributed by atoms with Crippen LogP contribution >= 0.6 is 0 Å². The van der Waals surface area contributed by atoms with Gasteiger partial charge in [0.2, 0.25) is 5.91 Å². The molecule has 1 unspecified atom stereocenters. The molecular formula is C38H60N2O3. The minimum Gasteiger partial charge on any atom is -0.507 e. The molecule has 1 aliphatic rings. The third-order valence-electron chi connectivity index (χ3n) is 7.66. The van der Waals surface area contributed by atoms with Gasteiger partial charge in [-0.15, -0.1) is 0 Å². The fourth-order valence-electron chi connectivity index (χ4n) is 4.91. The quantitative estimate of drug-likeness (QED) is 0.160. The van der Waals surface area contributed by atoms with Gasteiger partial charge in [-0.05, 0) is 101 Å². The van der Waals surface area contributed by atoms with Crippen LogP contribution in [0.3, 0.4) is 0 Å². The maximum absolute atomic E-state index is 11.7. The second-order valence-corrected chi connectivity index (χ2v) is 11.2. The Kier molecular flexibility index (Phi) is 19.1. The molecule has 0 aromatic heterocycles. The molecule has 2 aromatic carbocycles. The third kappa shape index (κ3) is 13.0. The summed E-state index contributed by atoms with van der Waals surface area (Å²) in [4.78, 5) is 11.7. The summed E-state index contributed by atoms with van der Waals surface area (Å²) in [7, 11) is 0. The summed E-state index contributed by atoms with van der Waals surface area (Å²) in [6.45, 7) is 20.7. The molecule has 2 aromatic rings. The number of carbonyl (C=O) groups is 1. The van der Waals surface area contributed by atoms with E-state index in [1.165, 1.54) is 57.7 Å². The molecule has 0 saturated heterocycles. The lowest BCUT2D eigenvalue weighted by molar-refractivity contribution is -0.114. The summed E-state index contributed by atoms with van der Waals surface area (Å²) in [5, 5.41) is 17.6. The fraction of sp³-hybridized carbons (Fsp3) is 0.553. The first-order valence-corrected chi connectivity index (χ1v) is 16.7. The topological polar surface area (TPSA) is 70.6 Å². The van der Waals surface area contributed by atoms with Crippen LogP contribution in [-0.2, 0) is 4.79 Å². The predicted molar refractivity (Wildman–Crippen MR) is 187 cm³/mol. The number of hydrogen-bond acceptors (Lipinski definition) is 4. The van der Waals surface area contributed by atoms with Crippen LogP contribution in [-0.4, -0.2) is 30.2 Å². The average molecular weight is 593 g/mol. The lowest BCUT2D eigenvalue weighted by Gasteiger charge is -2.20. The average Bonchev–Trinajstić information content (AvgIpc) is 3.53. The highest BCUT2D eigenvalue weighted by Crippen LogP contribution is 2.41. The Morgan fingerprint density at radius 3 is 2.33 bits per heavy atom. The summed E-state index contributed by atoms with van der Waals surface area (Å²) >= 11 is 0. The molecule has 5 heteroatoms. The van der Waals surface area contributed by atoms with E-state index in [1.807, 2.05) is 57.2 Å². The van der Waals surface area contributed by atoms with E-state index in [9.17, 15) is 9.90 Å². The van der Waals surface area contributed by atoms with Gasteiger partial charge in [0.1, 0.15) is 11.5 Å². The Morgan fingerprint density at radius 1 is 1.05 bits per heavy atom. The molecule has 0 bridgehead atoms. The van der Waals surface area contributed by atoms with Crippen LogP contribution in [0.5, 0.6) is 11.5 Å². The van der Waals surface area contributed by atoms with Gasteiger partial charge >= 0.3 is 0 Å². The summed E-state index contributed by atoms with van der Waals surface area (Å²) < 4.78 is 6.29. The van der Waals surface area contributed by atoms with Gasteiger partial charge in [0, 0.05) is 18.1 Å².